The summed E-state index contributed by atoms with van der Waals surface area (Å²) in [7, 11) is 0. The number of carbonyl (C=O) groups excluding carboxylic acids is 1. The number of carbonyl (C=O) groups is 1. The first-order valence-corrected chi connectivity index (χ1v) is 11.8. The monoisotopic (exact) mass is 483 g/mol. The molecule has 0 aliphatic heterocycles. The normalized spacial score (nSPS) is 10.9. The molecular formula is C25H21N7O2S. The average Bonchev–Trinajstić information content (AvgIpc) is 3.47. The first-order chi connectivity index (χ1) is 17.1. The Labute approximate surface area is 204 Å². The molecule has 0 spiro atoms. The molecule has 3 aromatic heterocycles. The summed E-state index contributed by atoms with van der Waals surface area (Å²) in [6.07, 6.45) is 3.43. The fraction of sp³-hybridized carbons (Fsp3) is 0.0800. The van der Waals surface area contributed by atoms with E-state index in [2.05, 4.69) is 25.6 Å². The van der Waals surface area contributed by atoms with Gasteiger partial charge in [-0.3, -0.25) is 24.2 Å². The van der Waals surface area contributed by atoms with Gasteiger partial charge in [0.25, 0.3) is 5.56 Å². The van der Waals surface area contributed by atoms with E-state index in [-0.39, 0.29) is 17.2 Å². The van der Waals surface area contributed by atoms with Crippen LogP contribution in [0.2, 0.25) is 0 Å². The van der Waals surface area contributed by atoms with Gasteiger partial charge in [-0.1, -0.05) is 47.7 Å². The van der Waals surface area contributed by atoms with Crippen LogP contribution in [0.4, 0.5) is 5.82 Å². The Morgan fingerprint density at radius 1 is 1.00 bits per heavy atom. The molecule has 35 heavy (non-hydrogen) atoms. The number of nitrogens with zero attached hydrogens (tertiary/aromatic N) is 5. The van der Waals surface area contributed by atoms with Crippen LogP contribution in [0.5, 0.6) is 0 Å². The lowest BCUT2D eigenvalue weighted by Gasteiger charge is -2.10. The van der Waals surface area contributed by atoms with Crippen molar-refractivity contribution in [3.8, 4) is 22.8 Å². The van der Waals surface area contributed by atoms with Crippen molar-refractivity contribution >= 4 is 23.5 Å². The van der Waals surface area contributed by atoms with Gasteiger partial charge in [0.15, 0.2) is 11.0 Å². The molecule has 0 aliphatic rings. The Kier molecular flexibility index (Phi) is 6.27. The van der Waals surface area contributed by atoms with E-state index in [1.807, 2.05) is 66.1 Å². The lowest BCUT2D eigenvalue weighted by molar-refractivity contribution is -0.113. The molecule has 0 aliphatic carbocycles. The Morgan fingerprint density at radius 2 is 1.80 bits per heavy atom. The zero-order chi connectivity index (χ0) is 24.2. The molecule has 0 unspecified atom stereocenters. The van der Waals surface area contributed by atoms with Crippen LogP contribution < -0.4 is 10.9 Å². The van der Waals surface area contributed by atoms with Crippen LogP contribution in [0.25, 0.3) is 22.8 Å². The summed E-state index contributed by atoms with van der Waals surface area (Å²) >= 11 is 1.25. The molecular weight excluding hydrogens is 462 g/mol. The number of aryl methyl sites for hydroxylation is 1. The quantitative estimate of drug-likeness (QED) is 0.340. The molecule has 0 fully saturated rings. The van der Waals surface area contributed by atoms with Gasteiger partial charge in [-0.25, -0.2) is 4.68 Å². The summed E-state index contributed by atoms with van der Waals surface area (Å²) in [5.74, 6) is 0.753. The van der Waals surface area contributed by atoms with Gasteiger partial charge >= 0.3 is 0 Å². The van der Waals surface area contributed by atoms with Crippen molar-refractivity contribution in [3.63, 3.8) is 0 Å². The number of hydrogen-bond acceptors (Lipinski definition) is 6. The van der Waals surface area contributed by atoms with E-state index in [9.17, 15) is 9.59 Å². The summed E-state index contributed by atoms with van der Waals surface area (Å²) in [6.45, 7) is 2.02. The number of para-hydroxylation sites is 1. The van der Waals surface area contributed by atoms with Crippen molar-refractivity contribution < 1.29 is 4.79 Å². The second-order valence-electron chi connectivity index (χ2n) is 7.73. The summed E-state index contributed by atoms with van der Waals surface area (Å²) in [4.78, 5) is 29.2. The number of nitrogens with one attached hydrogen (secondary N) is 2. The van der Waals surface area contributed by atoms with E-state index in [0.717, 1.165) is 16.8 Å². The average molecular weight is 484 g/mol. The van der Waals surface area contributed by atoms with Crippen molar-refractivity contribution in [1.82, 2.24) is 29.5 Å². The Hall–Kier alpha value is -4.44. The molecule has 3 heterocycles. The van der Waals surface area contributed by atoms with Crippen LogP contribution in [0.15, 0.2) is 95.1 Å². The molecule has 0 saturated carbocycles. The predicted molar refractivity (Wildman–Crippen MR) is 135 cm³/mol. The fourth-order valence-corrected chi connectivity index (χ4v) is 4.27. The highest BCUT2D eigenvalue weighted by molar-refractivity contribution is 7.99. The number of rotatable bonds is 7. The first kappa shape index (κ1) is 22.4. The smallest absolute Gasteiger partial charge is 0.273 e. The number of thioether (sulfide) groups is 1. The number of benzene rings is 2. The second kappa shape index (κ2) is 9.82. The van der Waals surface area contributed by atoms with Crippen LogP contribution >= 0.6 is 11.8 Å². The maximum atomic E-state index is 12.7. The highest BCUT2D eigenvalue weighted by atomic mass is 32.2. The highest BCUT2D eigenvalue weighted by Gasteiger charge is 2.18. The summed E-state index contributed by atoms with van der Waals surface area (Å²) < 4.78 is 3.28. The number of hydrogen-bond donors (Lipinski definition) is 2. The minimum absolute atomic E-state index is 0.0790. The van der Waals surface area contributed by atoms with Gasteiger partial charge in [0.1, 0.15) is 5.82 Å². The van der Waals surface area contributed by atoms with Crippen molar-refractivity contribution in [2.45, 2.75) is 12.1 Å². The fourth-order valence-electron chi connectivity index (χ4n) is 3.52. The second-order valence-corrected chi connectivity index (χ2v) is 8.68. The van der Waals surface area contributed by atoms with Crippen LogP contribution in [-0.2, 0) is 4.79 Å². The number of aromatic nitrogens is 6. The number of anilines is 1. The largest absolute Gasteiger partial charge is 0.310 e. The number of H-pyrrole nitrogens is 1. The van der Waals surface area contributed by atoms with E-state index in [1.54, 1.807) is 24.5 Å². The van der Waals surface area contributed by atoms with Crippen LogP contribution in [0.3, 0.4) is 0 Å². The van der Waals surface area contributed by atoms with Gasteiger partial charge in [-0.15, -0.1) is 10.2 Å². The van der Waals surface area contributed by atoms with E-state index in [0.29, 0.717) is 22.5 Å². The highest BCUT2D eigenvalue weighted by Crippen LogP contribution is 2.27. The molecule has 2 aromatic carbocycles. The Bertz CT molecular complexity index is 1510. The van der Waals surface area contributed by atoms with Crippen LogP contribution in [0.1, 0.15) is 5.56 Å². The molecule has 10 heteroatoms. The molecule has 2 N–H and O–H groups in total. The molecule has 9 nitrogen and oxygen atoms in total. The van der Waals surface area contributed by atoms with Gasteiger partial charge in [-0.2, -0.15) is 0 Å². The third-order valence-corrected chi connectivity index (χ3v) is 6.12. The standard InChI is InChI=1S/C25H21N7O2S/c1-17-9-11-19(12-10-17)31-24(18-6-5-13-26-15-18)28-29-25(31)35-16-22(33)27-21-14-23(34)32(30-21)20-7-3-2-4-8-20/h2-15,30H,16H2,1H3,(H,27,33). The first-order valence-electron chi connectivity index (χ1n) is 10.8. The third-order valence-electron chi connectivity index (χ3n) is 5.19. The zero-order valence-corrected chi connectivity index (χ0v) is 19.6. The van der Waals surface area contributed by atoms with Crippen molar-refractivity contribution in [2.24, 2.45) is 0 Å². The topological polar surface area (TPSA) is 110 Å². The molecule has 0 radical (unpaired) electrons. The minimum Gasteiger partial charge on any atom is -0.310 e. The number of amides is 1. The molecule has 0 atom stereocenters. The molecule has 0 saturated heterocycles. The Morgan fingerprint density at radius 3 is 2.54 bits per heavy atom. The molecule has 0 bridgehead atoms. The van der Waals surface area contributed by atoms with E-state index in [4.69, 9.17) is 0 Å². The summed E-state index contributed by atoms with van der Waals surface area (Å²) in [5.41, 5.74) is 3.25. The zero-order valence-electron chi connectivity index (χ0n) is 18.8. The molecule has 5 rings (SSSR count). The maximum absolute atomic E-state index is 12.7. The maximum Gasteiger partial charge on any atom is 0.273 e. The van der Waals surface area contributed by atoms with Gasteiger partial charge < -0.3 is 5.32 Å². The summed E-state index contributed by atoms with van der Waals surface area (Å²) in [5, 5.41) is 14.9. The van der Waals surface area contributed by atoms with E-state index in [1.165, 1.54) is 22.5 Å². The molecule has 1 amide bonds. The summed E-state index contributed by atoms with van der Waals surface area (Å²) in [6, 6.07) is 22.2. The Balaban J connectivity index is 1.35. The number of pyridine rings is 1. The van der Waals surface area contributed by atoms with Crippen molar-refractivity contribution in [1.29, 1.82) is 0 Å². The van der Waals surface area contributed by atoms with Gasteiger partial charge in [-0.05, 0) is 43.3 Å². The van der Waals surface area contributed by atoms with E-state index < -0.39 is 0 Å². The molecule has 5 aromatic rings. The minimum atomic E-state index is -0.280. The SMILES string of the molecule is Cc1ccc(-n2c(SCC(=O)Nc3cc(=O)n(-c4ccccc4)[nH]3)nnc2-c2cccnc2)cc1. The van der Waals surface area contributed by atoms with Crippen LogP contribution in [0, 0.1) is 6.92 Å². The lowest BCUT2D eigenvalue weighted by atomic mass is 10.2. The van der Waals surface area contributed by atoms with Crippen molar-refractivity contribution in [3.05, 3.63) is 101 Å². The molecule has 174 valence electrons. The van der Waals surface area contributed by atoms with E-state index >= 15 is 0 Å². The van der Waals surface area contributed by atoms with Crippen molar-refractivity contribution in [2.75, 3.05) is 11.1 Å². The third kappa shape index (κ3) is 4.92. The van der Waals surface area contributed by atoms with Gasteiger partial charge in [0, 0.05) is 29.7 Å². The van der Waals surface area contributed by atoms with Gasteiger partial charge in [0.2, 0.25) is 5.91 Å². The van der Waals surface area contributed by atoms with Gasteiger partial charge in [0.05, 0.1) is 11.4 Å². The van der Waals surface area contributed by atoms with Crippen LogP contribution in [-0.4, -0.2) is 41.2 Å². The number of aromatic amines is 1. The predicted octanol–water partition coefficient (Wildman–Crippen LogP) is 3.85. The lowest BCUT2D eigenvalue weighted by Crippen LogP contribution is -2.15.